The number of hydrogen-bond acceptors (Lipinski definition) is 2. The van der Waals surface area contributed by atoms with Crippen LogP contribution in [0.1, 0.15) is 25.3 Å². The predicted molar refractivity (Wildman–Crippen MR) is 53.9 cm³/mol. The molecule has 0 aliphatic heterocycles. The van der Waals surface area contributed by atoms with Crippen LogP contribution in [0, 0.1) is 5.82 Å². The van der Waals surface area contributed by atoms with Gasteiger partial charge in [-0.25, -0.2) is 4.39 Å². The first-order valence-corrected chi connectivity index (χ1v) is 5.35. The maximum Gasteiger partial charge on any atom is 0.143 e. The smallest absolute Gasteiger partial charge is 0.143 e. The molecule has 0 saturated carbocycles. The molecule has 1 N–H and O–H groups in total. The van der Waals surface area contributed by atoms with E-state index in [0.29, 0.717) is 10.5 Å². The Kier molecular flexibility index (Phi) is 3.20. The molecule has 0 amide bonds. The van der Waals surface area contributed by atoms with Crippen molar-refractivity contribution in [3.05, 3.63) is 23.5 Å². The Hall–Kier alpha value is -0.700. The molecule has 0 aliphatic carbocycles. The van der Waals surface area contributed by atoms with Gasteiger partial charge in [0, 0.05) is 10.5 Å². The van der Waals surface area contributed by atoms with E-state index in [1.807, 2.05) is 20.1 Å². The highest BCUT2D eigenvalue weighted by molar-refractivity contribution is 7.98. The lowest BCUT2D eigenvalue weighted by molar-refractivity contribution is 0.450. The van der Waals surface area contributed by atoms with Crippen LogP contribution >= 0.6 is 11.8 Å². The topological polar surface area (TPSA) is 20.2 Å². The van der Waals surface area contributed by atoms with E-state index in [4.69, 9.17) is 0 Å². The Morgan fingerprint density at radius 1 is 1.38 bits per heavy atom. The fourth-order valence-corrected chi connectivity index (χ4v) is 1.76. The highest BCUT2D eigenvalue weighted by atomic mass is 32.2. The predicted octanol–water partition coefficient (Wildman–Crippen LogP) is 3.38. The SMILES string of the molecule is CSc1ccc(O)c(C(C)C)c1F. The standard InChI is InChI=1S/C10H13FOS/c1-6(2)9-7(12)4-5-8(13-3)10(9)11/h4-6,12H,1-3H3. The molecule has 0 spiro atoms. The van der Waals surface area contributed by atoms with Gasteiger partial charge in [0.05, 0.1) is 0 Å². The van der Waals surface area contributed by atoms with Crippen molar-refractivity contribution in [3.63, 3.8) is 0 Å². The molecule has 0 aromatic heterocycles. The molecule has 0 aliphatic rings. The van der Waals surface area contributed by atoms with E-state index in [1.54, 1.807) is 12.1 Å². The fourth-order valence-electron chi connectivity index (χ4n) is 1.27. The molecular formula is C10H13FOS. The molecule has 0 radical (unpaired) electrons. The molecule has 0 atom stereocenters. The lowest BCUT2D eigenvalue weighted by Gasteiger charge is -2.11. The summed E-state index contributed by atoms with van der Waals surface area (Å²) in [6.45, 7) is 3.73. The number of phenols is 1. The number of thioether (sulfide) groups is 1. The minimum atomic E-state index is -0.289. The summed E-state index contributed by atoms with van der Waals surface area (Å²) in [5.41, 5.74) is 0.409. The van der Waals surface area contributed by atoms with Crippen LogP contribution in [0.5, 0.6) is 5.75 Å². The molecule has 1 nitrogen and oxygen atoms in total. The van der Waals surface area contributed by atoms with Gasteiger partial charge in [-0.05, 0) is 24.3 Å². The van der Waals surface area contributed by atoms with Gasteiger partial charge in [-0.1, -0.05) is 13.8 Å². The molecule has 0 unspecified atom stereocenters. The Bertz CT molecular complexity index is 310. The van der Waals surface area contributed by atoms with Gasteiger partial charge in [-0.3, -0.25) is 0 Å². The molecule has 0 bridgehead atoms. The van der Waals surface area contributed by atoms with E-state index in [9.17, 15) is 9.50 Å². The Morgan fingerprint density at radius 2 is 2.00 bits per heavy atom. The molecule has 0 saturated heterocycles. The second-order valence-electron chi connectivity index (χ2n) is 3.17. The van der Waals surface area contributed by atoms with E-state index in [-0.39, 0.29) is 17.5 Å². The summed E-state index contributed by atoms with van der Waals surface area (Å²) in [7, 11) is 0. The van der Waals surface area contributed by atoms with Crippen molar-refractivity contribution in [2.45, 2.75) is 24.7 Å². The van der Waals surface area contributed by atoms with Crippen LogP contribution in [0.2, 0.25) is 0 Å². The monoisotopic (exact) mass is 200 g/mol. The quantitative estimate of drug-likeness (QED) is 0.738. The average Bonchev–Trinajstić information content (AvgIpc) is 2.04. The van der Waals surface area contributed by atoms with E-state index < -0.39 is 0 Å². The van der Waals surface area contributed by atoms with E-state index in [2.05, 4.69) is 0 Å². The Morgan fingerprint density at radius 3 is 2.46 bits per heavy atom. The highest BCUT2D eigenvalue weighted by Gasteiger charge is 2.15. The van der Waals surface area contributed by atoms with Gasteiger partial charge in [-0.15, -0.1) is 11.8 Å². The molecule has 3 heteroatoms. The second-order valence-corrected chi connectivity index (χ2v) is 4.02. The molecule has 0 fully saturated rings. The first-order chi connectivity index (χ1) is 6.07. The fraction of sp³-hybridized carbons (Fsp3) is 0.400. The van der Waals surface area contributed by atoms with Crippen LogP contribution in [-0.4, -0.2) is 11.4 Å². The number of hydrogen-bond donors (Lipinski definition) is 1. The van der Waals surface area contributed by atoms with Gasteiger partial charge in [0.2, 0.25) is 0 Å². The normalized spacial score (nSPS) is 10.8. The van der Waals surface area contributed by atoms with Crippen LogP contribution in [0.3, 0.4) is 0 Å². The van der Waals surface area contributed by atoms with Crippen molar-refractivity contribution in [1.82, 2.24) is 0 Å². The molecule has 0 heterocycles. The summed E-state index contributed by atoms with van der Waals surface area (Å²) >= 11 is 1.35. The summed E-state index contributed by atoms with van der Waals surface area (Å²) in [5, 5.41) is 9.43. The molecule has 1 aromatic rings. The zero-order valence-corrected chi connectivity index (χ0v) is 8.78. The van der Waals surface area contributed by atoms with Crippen LogP contribution in [-0.2, 0) is 0 Å². The van der Waals surface area contributed by atoms with Crippen molar-refractivity contribution < 1.29 is 9.50 Å². The molecule has 1 aromatic carbocycles. The third-order valence-electron chi connectivity index (χ3n) is 1.92. The first-order valence-electron chi connectivity index (χ1n) is 4.13. The number of rotatable bonds is 2. The number of phenolic OH excluding ortho intramolecular Hbond substituents is 1. The molecule has 13 heavy (non-hydrogen) atoms. The summed E-state index contributed by atoms with van der Waals surface area (Å²) in [5.74, 6) is -0.236. The average molecular weight is 200 g/mol. The third-order valence-corrected chi connectivity index (χ3v) is 2.67. The van der Waals surface area contributed by atoms with Gasteiger partial charge in [0.1, 0.15) is 11.6 Å². The molecular weight excluding hydrogens is 187 g/mol. The second kappa shape index (κ2) is 4.01. The van der Waals surface area contributed by atoms with Gasteiger partial charge in [0.25, 0.3) is 0 Å². The maximum absolute atomic E-state index is 13.6. The van der Waals surface area contributed by atoms with Crippen LogP contribution in [0.4, 0.5) is 4.39 Å². The summed E-state index contributed by atoms with van der Waals surface area (Å²) in [4.78, 5) is 0.585. The van der Waals surface area contributed by atoms with Crippen molar-refractivity contribution in [2.24, 2.45) is 0 Å². The Labute approximate surface area is 82.0 Å². The van der Waals surface area contributed by atoms with Crippen LogP contribution < -0.4 is 0 Å². The van der Waals surface area contributed by atoms with E-state index in [0.717, 1.165) is 0 Å². The summed E-state index contributed by atoms with van der Waals surface area (Å²) < 4.78 is 13.6. The first kappa shape index (κ1) is 10.4. The largest absolute Gasteiger partial charge is 0.508 e. The van der Waals surface area contributed by atoms with Crippen molar-refractivity contribution in [1.29, 1.82) is 0 Å². The zero-order chi connectivity index (χ0) is 10.0. The lowest BCUT2D eigenvalue weighted by Crippen LogP contribution is -1.95. The number of aromatic hydroxyl groups is 1. The molecule has 1 rings (SSSR count). The van der Waals surface area contributed by atoms with Gasteiger partial charge in [0.15, 0.2) is 0 Å². The molecule has 72 valence electrons. The lowest BCUT2D eigenvalue weighted by atomic mass is 10.0. The maximum atomic E-state index is 13.6. The number of halogens is 1. The minimum absolute atomic E-state index is 0.00657. The van der Waals surface area contributed by atoms with Gasteiger partial charge >= 0.3 is 0 Å². The van der Waals surface area contributed by atoms with E-state index in [1.165, 1.54) is 11.8 Å². The van der Waals surface area contributed by atoms with Crippen molar-refractivity contribution in [3.8, 4) is 5.75 Å². The van der Waals surface area contributed by atoms with E-state index >= 15 is 0 Å². The Balaban J connectivity index is 3.30. The highest BCUT2D eigenvalue weighted by Crippen LogP contribution is 2.33. The van der Waals surface area contributed by atoms with Crippen LogP contribution in [0.15, 0.2) is 17.0 Å². The number of benzene rings is 1. The third kappa shape index (κ3) is 1.97. The summed E-state index contributed by atoms with van der Waals surface area (Å²) in [6.07, 6.45) is 1.82. The minimum Gasteiger partial charge on any atom is -0.508 e. The van der Waals surface area contributed by atoms with Gasteiger partial charge in [-0.2, -0.15) is 0 Å². The van der Waals surface area contributed by atoms with Crippen molar-refractivity contribution >= 4 is 11.8 Å². The van der Waals surface area contributed by atoms with Crippen LogP contribution in [0.25, 0.3) is 0 Å². The van der Waals surface area contributed by atoms with Gasteiger partial charge < -0.3 is 5.11 Å². The zero-order valence-electron chi connectivity index (χ0n) is 7.97. The van der Waals surface area contributed by atoms with Crippen molar-refractivity contribution in [2.75, 3.05) is 6.26 Å². The summed E-state index contributed by atoms with van der Waals surface area (Å²) in [6, 6.07) is 3.14.